The minimum Gasteiger partial charge on any atom is -0.487 e. The van der Waals surface area contributed by atoms with E-state index in [-0.39, 0.29) is 12.4 Å². The fraction of sp³-hybridized carbons (Fsp3) is 0.200. The Morgan fingerprint density at radius 1 is 1.25 bits per heavy atom. The maximum atomic E-state index is 12.8. The van der Waals surface area contributed by atoms with Gasteiger partial charge in [0.15, 0.2) is 0 Å². The van der Waals surface area contributed by atoms with Crippen molar-refractivity contribution >= 4 is 5.97 Å². The standard InChI is InChI=1S/C15H14FNO3/c1-2-19-15(18)13-4-3-9-17-14(13)10-20-12-7-5-11(16)6-8-12/h3-9H,2,10H2,1H3. The third kappa shape index (κ3) is 3.54. The van der Waals surface area contributed by atoms with E-state index in [4.69, 9.17) is 9.47 Å². The molecule has 0 bridgehead atoms. The van der Waals surface area contributed by atoms with E-state index in [1.54, 1.807) is 25.3 Å². The van der Waals surface area contributed by atoms with Crippen LogP contribution in [0.4, 0.5) is 4.39 Å². The number of aromatic nitrogens is 1. The van der Waals surface area contributed by atoms with E-state index in [0.29, 0.717) is 23.6 Å². The topological polar surface area (TPSA) is 48.4 Å². The molecule has 5 heteroatoms. The van der Waals surface area contributed by atoms with Crippen LogP contribution in [0.1, 0.15) is 23.0 Å². The minimum absolute atomic E-state index is 0.112. The van der Waals surface area contributed by atoms with Crippen molar-refractivity contribution in [3.05, 3.63) is 59.7 Å². The van der Waals surface area contributed by atoms with Crippen LogP contribution >= 0.6 is 0 Å². The number of benzene rings is 1. The van der Waals surface area contributed by atoms with E-state index in [0.717, 1.165) is 0 Å². The van der Waals surface area contributed by atoms with Crippen molar-refractivity contribution in [3.8, 4) is 5.75 Å². The monoisotopic (exact) mass is 275 g/mol. The Morgan fingerprint density at radius 3 is 2.70 bits per heavy atom. The third-order valence-electron chi connectivity index (χ3n) is 2.57. The highest BCUT2D eigenvalue weighted by atomic mass is 19.1. The Bertz CT molecular complexity index is 584. The summed E-state index contributed by atoms with van der Waals surface area (Å²) in [6.07, 6.45) is 1.58. The quantitative estimate of drug-likeness (QED) is 0.787. The second kappa shape index (κ2) is 6.65. The van der Waals surface area contributed by atoms with Crippen LogP contribution in [0.25, 0.3) is 0 Å². The number of rotatable bonds is 5. The first-order chi connectivity index (χ1) is 9.70. The van der Waals surface area contributed by atoms with Gasteiger partial charge in [-0.25, -0.2) is 9.18 Å². The highest BCUT2D eigenvalue weighted by molar-refractivity contribution is 5.90. The summed E-state index contributed by atoms with van der Waals surface area (Å²) >= 11 is 0. The third-order valence-corrected chi connectivity index (χ3v) is 2.57. The SMILES string of the molecule is CCOC(=O)c1cccnc1COc1ccc(F)cc1. The van der Waals surface area contributed by atoms with Gasteiger partial charge in [-0.15, -0.1) is 0 Å². The van der Waals surface area contributed by atoms with Crippen LogP contribution in [0.3, 0.4) is 0 Å². The first-order valence-corrected chi connectivity index (χ1v) is 6.20. The number of halogens is 1. The zero-order valence-electron chi connectivity index (χ0n) is 11.0. The van der Waals surface area contributed by atoms with Gasteiger partial charge in [-0.3, -0.25) is 4.98 Å². The van der Waals surface area contributed by atoms with Gasteiger partial charge in [0.2, 0.25) is 0 Å². The molecule has 0 atom stereocenters. The lowest BCUT2D eigenvalue weighted by Gasteiger charge is -2.09. The van der Waals surface area contributed by atoms with Gasteiger partial charge in [-0.2, -0.15) is 0 Å². The molecule has 0 fully saturated rings. The summed E-state index contributed by atoms with van der Waals surface area (Å²) in [4.78, 5) is 15.9. The van der Waals surface area contributed by atoms with E-state index < -0.39 is 5.97 Å². The first-order valence-electron chi connectivity index (χ1n) is 6.20. The van der Waals surface area contributed by atoms with Crippen LogP contribution in [0, 0.1) is 5.82 Å². The van der Waals surface area contributed by atoms with Gasteiger partial charge in [0.1, 0.15) is 18.2 Å². The molecule has 0 spiro atoms. The number of pyridine rings is 1. The number of carbonyl (C=O) groups excluding carboxylic acids is 1. The second-order valence-electron chi connectivity index (χ2n) is 3.96. The second-order valence-corrected chi connectivity index (χ2v) is 3.96. The fourth-order valence-electron chi connectivity index (χ4n) is 1.63. The molecule has 0 aliphatic carbocycles. The lowest BCUT2D eigenvalue weighted by Crippen LogP contribution is -2.11. The minimum atomic E-state index is -0.432. The molecule has 104 valence electrons. The molecule has 1 heterocycles. The Hall–Kier alpha value is -2.43. The molecular formula is C15H14FNO3. The molecular weight excluding hydrogens is 261 g/mol. The summed E-state index contributed by atoms with van der Waals surface area (Å²) in [7, 11) is 0. The van der Waals surface area contributed by atoms with Crippen LogP contribution in [0.2, 0.25) is 0 Å². The number of carbonyl (C=O) groups is 1. The van der Waals surface area contributed by atoms with Crippen LogP contribution in [-0.4, -0.2) is 17.6 Å². The molecule has 20 heavy (non-hydrogen) atoms. The molecule has 0 aliphatic heterocycles. The lowest BCUT2D eigenvalue weighted by molar-refractivity contribution is 0.0522. The highest BCUT2D eigenvalue weighted by Crippen LogP contribution is 2.15. The van der Waals surface area contributed by atoms with Gasteiger partial charge in [0, 0.05) is 6.20 Å². The molecule has 0 radical (unpaired) electrons. The fourth-order valence-corrected chi connectivity index (χ4v) is 1.63. The maximum Gasteiger partial charge on any atom is 0.340 e. The van der Waals surface area contributed by atoms with Crippen LogP contribution in [-0.2, 0) is 11.3 Å². The largest absolute Gasteiger partial charge is 0.487 e. The average molecular weight is 275 g/mol. The van der Waals surface area contributed by atoms with Crippen molar-refractivity contribution in [1.29, 1.82) is 0 Å². The molecule has 1 aromatic carbocycles. The summed E-state index contributed by atoms with van der Waals surface area (Å²) in [5.41, 5.74) is 0.853. The van der Waals surface area contributed by atoms with Gasteiger partial charge in [0.05, 0.1) is 17.9 Å². The molecule has 2 aromatic rings. The highest BCUT2D eigenvalue weighted by Gasteiger charge is 2.13. The van der Waals surface area contributed by atoms with Crippen molar-refractivity contribution in [3.63, 3.8) is 0 Å². The number of esters is 1. The predicted molar refractivity (Wildman–Crippen MR) is 70.9 cm³/mol. The Kier molecular flexibility index (Phi) is 4.65. The normalized spacial score (nSPS) is 10.1. The number of nitrogens with zero attached hydrogens (tertiary/aromatic N) is 1. The molecule has 4 nitrogen and oxygen atoms in total. The summed E-state index contributed by atoms with van der Waals surface area (Å²) in [6, 6.07) is 8.94. The van der Waals surface area contributed by atoms with Crippen molar-refractivity contribution in [2.24, 2.45) is 0 Å². The lowest BCUT2D eigenvalue weighted by atomic mass is 10.2. The van der Waals surface area contributed by atoms with Gasteiger partial charge < -0.3 is 9.47 Å². The zero-order chi connectivity index (χ0) is 14.4. The number of ether oxygens (including phenoxy) is 2. The summed E-state index contributed by atoms with van der Waals surface area (Å²) in [5.74, 6) is -0.257. The Labute approximate surface area is 116 Å². The molecule has 0 aliphatic rings. The maximum absolute atomic E-state index is 12.8. The molecule has 2 rings (SSSR count). The number of hydrogen-bond donors (Lipinski definition) is 0. The predicted octanol–water partition coefficient (Wildman–Crippen LogP) is 2.98. The molecule has 1 aromatic heterocycles. The van der Waals surface area contributed by atoms with Crippen molar-refractivity contribution in [1.82, 2.24) is 4.98 Å². The van der Waals surface area contributed by atoms with E-state index in [1.165, 1.54) is 24.3 Å². The van der Waals surface area contributed by atoms with Crippen molar-refractivity contribution in [2.75, 3.05) is 6.61 Å². The molecule has 0 N–H and O–H groups in total. The van der Waals surface area contributed by atoms with E-state index >= 15 is 0 Å². The van der Waals surface area contributed by atoms with E-state index in [9.17, 15) is 9.18 Å². The van der Waals surface area contributed by atoms with Gasteiger partial charge >= 0.3 is 5.97 Å². The van der Waals surface area contributed by atoms with Crippen molar-refractivity contribution < 1.29 is 18.7 Å². The first kappa shape index (κ1) is 14.0. The molecule has 0 unspecified atom stereocenters. The van der Waals surface area contributed by atoms with Gasteiger partial charge in [-0.1, -0.05) is 0 Å². The number of hydrogen-bond acceptors (Lipinski definition) is 4. The van der Waals surface area contributed by atoms with Crippen LogP contribution in [0.15, 0.2) is 42.6 Å². The van der Waals surface area contributed by atoms with Crippen LogP contribution in [0.5, 0.6) is 5.75 Å². The molecule has 0 saturated carbocycles. The smallest absolute Gasteiger partial charge is 0.340 e. The van der Waals surface area contributed by atoms with Gasteiger partial charge in [0.25, 0.3) is 0 Å². The zero-order valence-corrected chi connectivity index (χ0v) is 11.0. The average Bonchev–Trinajstić information content (AvgIpc) is 2.47. The summed E-state index contributed by atoms with van der Waals surface area (Å²) in [6.45, 7) is 2.15. The summed E-state index contributed by atoms with van der Waals surface area (Å²) in [5, 5.41) is 0. The summed E-state index contributed by atoms with van der Waals surface area (Å²) < 4.78 is 23.2. The van der Waals surface area contributed by atoms with E-state index in [2.05, 4.69) is 4.98 Å². The Balaban J connectivity index is 2.09. The van der Waals surface area contributed by atoms with Crippen molar-refractivity contribution in [2.45, 2.75) is 13.5 Å². The van der Waals surface area contributed by atoms with Gasteiger partial charge in [-0.05, 0) is 43.3 Å². The Morgan fingerprint density at radius 2 is 2.00 bits per heavy atom. The molecule has 0 saturated heterocycles. The van der Waals surface area contributed by atoms with Crippen LogP contribution < -0.4 is 4.74 Å². The van der Waals surface area contributed by atoms with E-state index in [1.807, 2.05) is 0 Å². The molecule has 0 amide bonds.